The summed E-state index contributed by atoms with van der Waals surface area (Å²) < 4.78 is 5.94. The van der Waals surface area contributed by atoms with Crippen LogP contribution < -0.4 is 10.1 Å². The summed E-state index contributed by atoms with van der Waals surface area (Å²) in [5.74, 6) is 1.59. The van der Waals surface area contributed by atoms with Crippen LogP contribution in [-0.2, 0) is 6.61 Å². The molecule has 3 nitrogen and oxygen atoms in total. The Kier molecular flexibility index (Phi) is 10.8. The summed E-state index contributed by atoms with van der Waals surface area (Å²) in [7, 11) is 0. The van der Waals surface area contributed by atoms with Gasteiger partial charge in [-0.15, -0.1) is 24.8 Å². The van der Waals surface area contributed by atoms with Crippen LogP contribution >= 0.6 is 24.8 Å². The first-order chi connectivity index (χ1) is 12.3. The van der Waals surface area contributed by atoms with Gasteiger partial charge in [0.25, 0.3) is 0 Å². The summed E-state index contributed by atoms with van der Waals surface area (Å²) in [6.07, 6.45) is 1.20. The van der Waals surface area contributed by atoms with Crippen molar-refractivity contribution in [2.24, 2.45) is 5.92 Å². The lowest BCUT2D eigenvalue weighted by molar-refractivity contribution is 0.128. The molecule has 1 fully saturated rings. The molecular formula is C22H32Cl2N2O. The molecule has 3 rings (SSSR count). The Labute approximate surface area is 176 Å². The maximum atomic E-state index is 5.94. The molecule has 27 heavy (non-hydrogen) atoms. The van der Waals surface area contributed by atoms with E-state index in [-0.39, 0.29) is 24.8 Å². The molecule has 0 saturated carbocycles. The zero-order valence-electron chi connectivity index (χ0n) is 16.3. The third-order valence-electron chi connectivity index (χ3n) is 5.20. The van der Waals surface area contributed by atoms with E-state index >= 15 is 0 Å². The molecular weight excluding hydrogens is 379 g/mol. The van der Waals surface area contributed by atoms with Crippen LogP contribution in [0.2, 0.25) is 0 Å². The van der Waals surface area contributed by atoms with Crippen molar-refractivity contribution in [1.82, 2.24) is 10.2 Å². The minimum atomic E-state index is 0. The van der Waals surface area contributed by atoms with Crippen molar-refractivity contribution >= 4 is 24.8 Å². The molecule has 1 heterocycles. The molecule has 0 amide bonds. The van der Waals surface area contributed by atoms with Gasteiger partial charge in [0, 0.05) is 32.2 Å². The van der Waals surface area contributed by atoms with E-state index < -0.39 is 0 Å². The van der Waals surface area contributed by atoms with Crippen LogP contribution in [0.1, 0.15) is 37.4 Å². The highest BCUT2D eigenvalue weighted by atomic mass is 35.5. The van der Waals surface area contributed by atoms with Gasteiger partial charge >= 0.3 is 0 Å². The van der Waals surface area contributed by atoms with Crippen LogP contribution in [0, 0.1) is 5.92 Å². The Hall–Kier alpha value is -1.26. The topological polar surface area (TPSA) is 24.5 Å². The van der Waals surface area contributed by atoms with Gasteiger partial charge in [0.15, 0.2) is 0 Å². The SMILES string of the molecule is CCC(C)[C@H](c1ccc(OCc2ccccc2)cc1)N1CCNCC1.Cl.Cl. The van der Waals surface area contributed by atoms with Crippen LogP contribution in [-0.4, -0.2) is 31.1 Å². The van der Waals surface area contributed by atoms with E-state index in [2.05, 4.69) is 60.5 Å². The summed E-state index contributed by atoms with van der Waals surface area (Å²) in [5, 5.41) is 3.46. The first-order valence-corrected chi connectivity index (χ1v) is 9.49. The normalized spacial score (nSPS) is 16.5. The highest BCUT2D eigenvalue weighted by Gasteiger charge is 2.26. The zero-order valence-corrected chi connectivity index (χ0v) is 17.9. The fourth-order valence-corrected chi connectivity index (χ4v) is 3.58. The van der Waals surface area contributed by atoms with Crippen LogP contribution in [0.4, 0.5) is 0 Å². The number of benzene rings is 2. The molecule has 0 aliphatic carbocycles. The van der Waals surface area contributed by atoms with Crippen molar-refractivity contribution in [3.8, 4) is 5.75 Å². The number of rotatable bonds is 7. The Morgan fingerprint density at radius 3 is 2.19 bits per heavy atom. The molecule has 5 heteroatoms. The predicted molar refractivity (Wildman–Crippen MR) is 118 cm³/mol. The maximum Gasteiger partial charge on any atom is 0.119 e. The summed E-state index contributed by atoms with van der Waals surface area (Å²) in [4.78, 5) is 2.63. The smallest absolute Gasteiger partial charge is 0.119 e. The van der Waals surface area contributed by atoms with Gasteiger partial charge in [-0.25, -0.2) is 0 Å². The Bertz CT molecular complexity index is 631. The van der Waals surface area contributed by atoms with E-state index in [0.717, 1.165) is 31.9 Å². The first kappa shape index (κ1) is 23.8. The summed E-state index contributed by atoms with van der Waals surface area (Å²) in [6, 6.07) is 19.6. The number of hydrogen-bond acceptors (Lipinski definition) is 3. The van der Waals surface area contributed by atoms with Gasteiger partial charge in [-0.2, -0.15) is 0 Å². The standard InChI is InChI=1S/C22H30N2O.2ClH/c1-3-18(2)22(24-15-13-23-14-16-24)20-9-11-21(12-10-20)25-17-19-7-5-4-6-8-19;;/h4-12,18,22-23H,3,13-17H2,1-2H3;2*1H/t18?,22-;;/m1../s1. The van der Waals surface area contributed by atoms with Gasteiger partial charge < -0.3 is 10.1 Å². The predicted octanol–water partition coefficient (Wildman–Crippen LogP) is 5.10. The highest BCUT2D eigenvalue weighted by Crippen LogP contribution is 2.32. The maximum absolute atomic E-state index is 5.94. The van der Waals surface area contributed by atoms with Crippen molar-refractivity contribution in [2.45, 2.75) is 32.9 Å². The second-order valence-electron chi connectivity index (χ2n) is 6.96. The van der Waals surface area contributed by atoms with Gasteiger partial charge in [0.05, 0.1) is 0 Å². The molecule has 0 radical (unpaired) electrons. The molecule has 2 aromatic carbocycles. The second-order valence-corrected chi connectivity index (χ2v) is 6.96. The lowest BCUT2D eigenvalue weighted by atomic mass is 9.90. The van der Waals surface area contributed by atoms with Crippen LogP contribution in [0.25, 0.3) is 0 Å². The third-order valence-corrected chi connectivity index (χ3v) is 5.20. The van der Waals surface area contributed by atoms with Crippen molar-refractivity contribution in [3.05, 3.63) is 65.7 Å². The number of nitrogens with zero attached hydrogens (tertiary/aromatic N) is 1. The number of halogens is 2. The Balaban J connectivity index is 0.00000182. The molecule has 1 saturated heterocycles. The molecule has 0 spiro atoms. The van der Waals surface area contributed by atoms with Crippen LogP contribution in [0.15, 0.2) is 54.6 Å². The highest BCUT2D eigenvalue weighted by molar-refractivity contribution is 5.85. The van der Waals surface area contributed by atoms with Crippen molar-refractivity contribution in [2.75, 3.05) is 26.2 Å². The average molecular weight is 411 g/mol. The minimum Gasteiger partial charge on any atom is -0.489 e. The van der Waals surface area contributed by atoms with Gasteiger partial charge in [-0.05, 0) is 29.2 Å². The van der Waals surface area contributed by atoms with Gasteiger partial charge in [-0.3, -0.25) is 4.90 Å². The van der Waals surface area contributed by atoms with E-state index in [4.69, 9.17) is 4.74 Å². The Morgan fingerprint density at radius 1 is 0.963 bits per heavy atom. The van der Waals surface area contributed by atoms with E-state index in [1.54, 1.807) is 0 Å². The van der Waals surface area contributed by atoms with Crippen molar-refractivity contribution < 1.29 is 4.74 Å². The largest absolute Gasteiger partial charge is 0.489 e. The third kappa shape index (κ3) is 6.69. The van der Waals surface area contributed by atoms with Crippen molar-refractivity contribution in [1.29, 1.82) is 0 Å². The summed E-state index contributed by atoms with van der Waals surface area (Å²) in [6.45, 7) is 9.70. The quantitative estimate of drug-likeness (QED) is 0.686. The molecule has 0 bridgehead atoms. The molecule has 1 unspecified atom stereocenters. The molecule has 2 aromatic rings. The number of piperazine rings is 1. The second kappa shape index (κ2) is 12.2. The average Bonchev–Trinajstić information content (AvgIpc) is 2.69. The van der Waals surface area contributed by atoms with Crippen LogP contribution in [0.3, 0.4) is 0 Å². The fourth-order valence-electron chi connectivity index (χ4n) is 3.58. The lowest BCUT2D eigenvalue weighted by Crippen LogP contribution is -2.46. The molecule has 1 N–H and O–H groups in total. The van der Waals surface area contributed by atoms with E-state index in [9.17, 15) is 0 Å². The van der Waals surface area contributed by atoms with E-state index in [0.29, 0.717) is 18.6 Å². The molecule has 2 atom stereocenters. The Morgan fingerprint density at radius 2 is 1.59 bits per heavy atom. The number of ether oxygens (including phenoxy) is 1. The van der Waals surface area contributed by atoms with Gasteiger partial charge in [0.2, 0.25) is 0 Å². The zero-order chi connectivity index (χ0) is 17.5. The summed E-state index contributed by atoms with van der Waals surface area (Å²) in [5.41, 5.74) is 2.60. The van der Waals surface area contributed by atoms with Gasteiger partial charge in [-0.1, -0.05) is 62.7 Å². The first-order valence-electron chi connectivity index (χ1n) is 9.49. The lowest BCUT2D eigenvalue weighted by Gasteiger charge is -2.38. The fraction of sp³-hybridized carbons (Fsp3) is 0.455. The summed E-state index contributed by atoms with van der Waals surface area (Å²) >= 11 is 0. The van der Waals surface area contributed by atoms with E-state index in [1.165, 1.54) is 17.5 Å². The number of nitrogens with one attached hydrogen (secondary N) is 1. The monoisotopic (exact) mass is 410 g/mol. The molecule has 0 aromatic heterocycles. The molecule has 150 valence electrons. The molecule has 1 aliphatic heterocycles. The van der Waals surface area contributed by atoms with Crippen molar-refractivity contribution in [3.63, 3.8) is 0 Å². The minimum absolute atomic E-state index is 0. The van der Waals surface area contributed by atoms with Crippen LogP contribution in [0.5, 0.6) is 5.75 Å². The van der Waals surface area contributed by atoms with E-state index in [1.807, 2.05) is 18.2 Å². The molecule has 1 aliphatic rings. The van der Waals surface area contributed by atoms with Gasteiger partial charge in [0.1, 0.15) is 12.4 Å². The number of hydrogen-bond donors (Lipinski definition) is 1.